The molecule has 2 rings (SSSR count). The van der Waals surface area contributed by atoms with Crippen LogP contribution in [0.25, 0.3) is 0 Å². The Morgan fingerprint density at radius 3 is 2.71 bits per heavy atom. The molecule has 9 heteroatoms. The average Bonchev–Trinajstić information content (AvgIpc) is 3.01. The summed E-state index contributed by atoms with van der Waals surface area (Å²) in [5, 5.41) is -0.106. The molecule has 2 aromatic heterocycles. The Hall–Kier alpha value is -1.35. The summed E-state index contributed by atoms with van der Waals surface area (Å²) in [4.78, 5) is 5.68. The molecular formula is C12H17ClN4O3S. The number of aryl methyl sites for hydroxylation is 1. The molecule has 0 radical (unpaired) electrons. The predicted octanol–water partition coefficient (Wildman–Crippen LogP) is 1.25. The predicted molar refractivity (Wildman–Crippen MR) is 78.5 cm³/mol. The van der Waals surface area contributed by atoms with Crippen LogP contribution in [0.5, 0.6) is 0 Å². The van der Waals surface area contributed by atoms with Crippen LogP contribution in [0.2, 0.25) is 5.15 Å². The summed E-state index contributed by atoms with van der Waals surface area (Å²) in [6.07, 6.45) is 2.91. The molecule has 0 fully saturated rings. The van der Waals surface area contributed by atoms with E-state index in [-0.39, 0.29) is 22.8 Å². The number of imidazole rings is 1. The first-order chi connectivity index (χ1) is 9.83. The van der Waals surface area contributed by atoms with Gasteiger partial charge in [-0.05, 0) is 26.2 Å². The summed E-state index contributed by atoms with van der Waals surface area (Å²) in [6.45, 7) is 0.149. The lowest BCUT2D eigenvalue weighted by atomic mass is 10.2. The summed E-state index contributed by atoms with van der Waals surface area (Å²) >= 11 is 5.92. The molecule has 0 saturated heterocycles. The van der Waals surface area contributed by atoms with E-state index in [2.05, 4.69) is 9.71 Å². The minimum absolute atomic E-state index is 0.0712. The molecule has 2 heterocycles. The molecular weight excluding hydrogens is 316 g/mol. The number of aromatic nitrogens is 2. The Bertz CT molecular complexity index is 694. The Morgan fingerprint density at radius 1 is 1.52 bits per heavy atom. The molecule has 1 N–H and O–H groups in total. The first kappa shape index (κ1) is 16.0. The quantitative estimate of drug-likeness (QED) is 0.861. The van der Waals surface area contributed by atoms with Gasteiger partial charge in [0, 0.05) is 13.6 Å². The van der Waals surface area contributed by atoms with Crippen molar-refractivity contribution in [2.24, 2.45) is 7.05 Å². The molecule has 0 aliphatic heterocycles. The molecule has 2 aromatic rings. The van der Waals surface area contributed by atoms with Crippen LogP contribution in [0.1, 0.15) is 11.8 Å². The van der Waals surface area contributed by atoms with Crippen LogP contribution in [0, 0.1) is 0 Å². The van der Waals surface area contributed by atoms with Crippen molar-refractivity contribution in [1.82, 2.24) is 19.2 Å². The highest BCUT2D eigenvalue weighted by atomic mass is 35.5. The number of furan rings is 1. The van der Waals surface area contributed by atoms with Crippen LogP contribution in [0.15, 0.2) is 34.2 Å². The monoisotopic (exact) mass is 332 g/mol. The van der Waals surface area contributed by atoms with Gasteiger partial charge in [0.2, 0.25) is 5.03 Å². The average molecular weight is 333 g/mol. The standard InChI is InChI=1S/C12H17ClN4O3S/c1-16(2)9(10-5-4-6-20-10)7-15-21(18,19)12-11(13)17(3)8-14-12/h4-6,8-9,15H,7H2,1-3H3. The number of likely N-dealkylation sites (N-methyl/N-ethyl adjacent to an activating group) is 1. The summed E-state index contributed by atoms with van der Waals surface area (Å²) in [6, 6.07) is 3.33. The lowest BCUT2D eigenvalue weighted by Crippen LogP contribution is -2.34. The highest BCUT2D eigenvalue weighted by Gasteiger charge is 2.25. The second-order valence-electron chi connectivity index (χ2n) is 4.80. The Balaban J connectivity index is 2.15. The Morgan fingerprint density at radius 2 is 2.24 bits per heavy atom. The molecule has 0 saturated carbocycles. The topological polar surface area (TPSA) is 80.4 Å². The maximum atomic E-state index is 12.2. The molecule has 0 spiro atoms. The number of sulfonamides is 1. The maximum absolute atomic E-state index is 12.2. The van der Waals surface area contributed by atoms with Crippen LogP contribution >= 0.6 is 11.6 Å². The van der Waals surface area contributed by atoms with E-state index in [1.165, 1.54) is 10.9 Å². The van der Waals surface area contributed by atoms with Crippen molar-refractivity contribution in [2.45, 2.75) is 11.1 Å². The highest BCUT2D eigenvalue weighted by Crippen LogP contribution is 2.21. The van der Waals surface area contributed by atoms with Crippen molar-refractivity contribution in [3.63, 3.8) is 0 Å². The first-order valence-corrected chi connectivity index (χ1v) is 8.05. The van der Waals surface area contributed by atoms with Gasteiger partial charge in [0.25, 0.3) is 10.0 Å². The van der Waals surface area contributed by atoms with E-state index in [4.69, 9.17) is 16.0 Å². The van der Waals surface area contributed by atoms with Crippen molar-refractivity contribution < 1.29 is 12.8 Å². The van der Waals surface area contributed by atoms with Crippen molar-refractivity contribution >= 4 is 21.6 Å². The van der Waals surface area contributed by atoms with E-state index in [0.29, 0.717) is 5.76 Å². The molecule has 116 valence electrons. The molecule has 0 bridgehead atoms. The third-order valence-corrected chi connectivity index (χ3v) is 4.96. The molecule has 21 heavy (non-hydrogen) atoms. The molecule has 0 aromatic carbocycles. The molecule has 1 atom stereocenters. The summed E-state index contributed by atoms with van der Waals surface area (Å²) in [5.41, 5.74) is 0. The number of nitrogens with one attached hydrogen (secondary N) is 1. The SMILES string of the molecule is CN(C)C(CNS(=O)(=O)c1ncn(C)c1Cl)c1ccco1. The molecule has 0 aliphatic carbocycles. The smallest absolute Gasteiger partial charge is 0.261 e. The van der Waals surface area contributed by atoms with Gasteiger partial charge in [-0.2, -0.15) is 0 Å². The molecule has 1 unspecified atom stereocenters. The minimum atomic E-state index is -3.77. The zero-order valence-corrected chi connectivity index (χ0v) is 13.5. The van der Waals surface area contributed by atoms with Gasteiger partial charge in [0.05, 0.1) is 18.6 Å². The van der Waals surface area contributed by atoms with Gasteiger partial charge in [0.1, 0.15) is 10.9 Å². The lowest BCUT2D eigenvalue weighted by molar-refractivity contribution is 0.259. The van der Waals surface area contributed by atoms with Crippen LogP contribution in [-0.2, 0) is 17.1 Å². The van der Waals surface area contributed by atoms with Gasteiger partial charge in [0.15, 0.2) is 0 Å². The van der Waals surface area contributed by atoms with E-state index in [1.807, 2.05) is 19.0 Å². The molecule has 0 amide bonds. The third kappa shape index (κ3) is 3.46. The van der Waals surface area contributed by atoms with E-state index in [1.54, 1.807) is 25.4 Å². The molecule has 0 aliphatic rings. The third-order valence-electron chi connectivity index (χ3n) is 3.05. The number of nitrogens with zero attached hydrogens (tertiary/aromatic N) is 3. The van der Waals surface area contributed by atoms with Gasteiger partial charge < -0.3 is 8.98 Å². The fraction of sp³-hybridized carbons (Fsp3) is 0.417. The normalized spacial score (nSPS) is 13.8. The van der Waals surface area contributed by atoms with Gasteiger partial charge in [-0.1, -0.05) is 11.6 Å². The van der Waals surface area contributed by atoms with Gasteiger partial charge in [-0.15, -0.1) is 0 Å². The van der Waals surface area contributed by atoms with E-state index < -0.39 is 10.0 Å². The number of hydrogen-bond acceptors (Lipinski definition) is 5. The second kappa shape index (κ2) is 6.18. The lowest BCUT2D eigenvalue weighted by Gasteiger charge is -2.22. The van der Waals surface area contributed by atoms with Crippen LogP contribution < -0.4 is 4.72 Å². The van der Waals surface area contributed by atoms with Gasteiger partial charge >= 0.3 is 0 Å². The van der Waals surface area contributed by atoms with E-state index in [0.717, 1.165) is 0 Å². The largest absolute Gasteiger partial charge is 0.468 e. The fourth-order valence-electron chi connectivity index (χ4n) is 1.85. The van der Waals surface area contributed by atoms with Crippen molar-refractivity contribution in [1.29, 1.82) is 0 Å². The first-order valence-electron chi connectivity index (χ1n) is 6.19. The van der Waals surface area contributed by atoms with Crippen molar-refractivity contribution in [3.05, 3.63) is 35.6 Å². The van der Waals surface area contributed by atoms with Gasteiger partial charge in [-0.3, -0.25) is 4.90 Å². The summed E-state index contributed by atoms with van der Waals surface area (Å²) in [5.74, 6) is 0.676. The van der Waals surface area contributed by atoms with Crippen LogP contribution in [0.3, 0.4) is 0 Å². The Kier molecular flexibility index (Phi) is 4.72. The molecule has 7 nitrogen and oxygen atoms in total. The van der Waals surface area contributed by atoms with E-state index in [9.17, 15) is 8.42 Å². The van der Waals surface area contributed by atoms with Crippen molar-refractivity contribution in [3.8, 4) is 0 Å². The van der Waals surface area contributed by atoms with Gasteiger partial charge in [-0.25, -0.2) is 18.1 Å². The summed E-state index contributed by atoms with van der Waals surface area (Å²) < 4.78 is 33.8. The Labute approximate surface area is 128 Å². The summed E-state index contributed by atoms with van der Waals surface area (Å²) in [7, 11) is 1.54. The van der Waals surface area contributed by atoms with Crippen molar-refractivity contribution in [2.75, 3.05) is 20.6 Å². The minimum Gasteiger partial charge on any atom is -0.468 e. The maximum Gasteiger partial charge on any atom is 0.261 e. The second-order valence-corrected chi connectivity index (χ2v) is 6.84. The fourth-order valence-corrected chi connectivity index (χ4v) is 3.31. The van der Waals surface area contributed by atoms with Crippen LogP contribution in [0.4, 0.5) is 0 Å². The van der Waals surface area contributed by atoms with Crippen LogP contribution in [-0.4, -0.2) is 43.5 Å². The number of halogens is 1. The highest BCUT2D eigenvalue weighted by molar-refractivity contribution is 7.89. The zero-order chi connectivity index (χ0) is 15.6. The zero-order valence-electron chi connectivity index (χ0n) is 11.9. The number of hydrogen-bond donors (Lipinski definition) is 1. The van der Waals surface area contributed by atoms with E-state index >= 15 is 0 Å². The number of rotatable bonds is 6.